The molecule has 6 nitrogen and oxygen atoms in total. The summed E-state index contributed by atoms with van der Waals surface area (Å²) in [6.07, 6.45) is 95.0. The zero-order valence-electron chi connectivity index (χ0n) is 56.9. The maximum Gasteiger partial charge on any atom is 0.305 e. The molecule has 0 bridgehead atoms. The molecule has 496 valence electrons. The van der Waals surface area contributed by atoms with Gasteiger partial charge in [-0.25, -0.2) is 0 Å². The van der Waals surface area contributed by atoms with E-state index in [9.17, 15) is 19.8 Å². The van der Waals surface area contributed by atoms with Crippen molar-refractivity contribution in [1.82, 2.24) is 5.32 Å². The van der Waals surface area contributed by atoms with E-state index in [4.69, 9.17) is 4.74 Å². The lowest BCUT2D eigenvalue weighted by Crippen LogP contribution is -2.45. The summed E-state index contributed by atoms with van der Waals surface area (Å²) in [5.74, 6) is -0.0294. The summed E-state index contributed by atoms with van der Waals surface area (Å²) >= 11 is 0. The number of rotatable bonds is 72. The molecule has 0 radical (unpaired) electrons. The van der Waals surface area contributed by atoms with Gasteiger partial charge in [-0.2, -0.15) is 0 Å². The van der Waals surface area contributed by atoms with Crippen LogP contribution in [0.2, 0.25) is 0 Å². The van der Waals surface area contributed by atoms with E-state index < -0.39 is 12.1 Å². The molecule has 0 aliphatic heterocycles. The lowest BCUT2D eigenvalue weighted by atomic mass is 10.0. The number of carbonyl (C=O) groups excluding carboxylic acids is 2. The minimum atomic E-state index is -0.671. The Kier molecular flexibility index (Phi) is 71.9. The van der Waals surface area contributed by atoms with Gasteiger partial charge < -0.3 is 20.3 Å². The molecule has 0 fully saturated rings. The summed E-state index contributed by atoms with van der Waals surface area (Å²) in [4.78, 5) is 24.7. The standard InChI is InChI=1S/C78H149NO5/c1-3-5-7-9-11-13-15-17-19-21-23-24-25-29-32-35-38-42-46-50-54-58-62-66-70-76(81)75(74-80)79-77(82)71-67-63-59-55-51-47-43-39-36-33-30-27-26-28-31-34-37-41-45-49-53-57-61-65-69-73-84-78(83)72-68-64-60-56-52-48-44-40-22-20-18-16-14-12-10-8-6-4-2/h20,22,27-28,30-31,75-76,80-81H,3-19,21,23-26,29,32-74H2,1-2H3,(H,79,82)/b22-20-,30-27-,31-28-. The number of allylic oxidation sites excluding steroid dienone is 6. The van der Waals surface area contributed by atoms with Gasteiger partial charge in [0.1, 0.15) is 0 Å². The first-order valence-corrected chi connectivity index (χ1v) is 38.2. The van der Waals surface area contributed by atoms with E-state index >= 15 is 0 Å². The van der Waals surface area contributed by atoms with Crippen LogP contribution in [0.4, 0.5) is 0 Å². The SMILES string of the molecule is CCCCCCCCC/C=C\CCCCCCCCCC(=O)OCCCCCCCCCCC/C=C\C/C=C\CCCCCCCCCCCC(=O)NC(CO)C(O)CCCCCCCCCCCCCCCCCCCCCCCCCC. The molecule has 2 unspecified atom stereocenters. The van der Waals surface area contributed by atoms with Crippen LogP contribution in [0.15, 0.2) is 36.5 Å². The van der Waals surface area contributed by atoms with E-state index in [-0.39, 0.29) is 18.5 Å². The second kappa shape index (κ2) is 73.5. The first-order chi connectivity index (χ1) is 41.5. The summed E-state index contributed by atoms with van der Waals surface area (Å²) in [6, 6.07) is -0.548. The number of ether oxygens (including phenoxy) is 1. The van der Waals surface area contributed by atoms with Crippen LogP contribution in [-0.4, -0.2) is 47.4 Å². The van der Waals surface area contributed by atoms with Gasteiger partial charge in [-0.1, -0.05) is 365 Å². The van der Waals surface area contributed by atoms with Gasteiger partial charge in [-0.3, -0.25) is 9.59 Å². The third kappa shape index (κ3) is 69.2. The van der Waals surface area contributed by atoms with Gasteiger partial charge in [0.15, 0.2) is 0 Å². The fourth-order valence-electron chi connectivity index (χ4n) is 12.1. The van der Waals surface area contributed by atoms with Crippen molar-refractivity contribution < 1.29 is 24.5 Å². The molecule has 0 aliphatic rings. The highest BCUT2D eigenvalue weighted by atomic mass is 16.5. The maximum atomic E-state index is 12.6. The molecule has 0 saturated carbocycles. The summed E-state index contributed by atoms with van der Waals surface area (Å²) in [5.41, 5.74) is 0. The Morgan fingerprint density at radius 3 is 0.917 bits per heavy atom. The Balaban J connectivity index is 3.42. The molecular formula is C78H149NO5. The van der Waals surface area contributed by atoms with Crippen LogP contribution in [-0.2, 0) is 14.3 Å². The number of hydrogen-bond acceptors (Lipinski definition) is 5. The molecule has 84 heavy (non-hydrogen) atoms. The third-order valence-electron chi connectivity index (χ3n) is 17.9. The number of aliphatic hydroxyl groups is 2. The van der Waals surface area contributed by atoms with Gasteiger partial charge in [-0.15, -0.1) is 0 Å². The van der Waals surface area contributed by atoms with Crippen molar-refractivity contribution in [3.63, 3.8) is 0 Å². The van der Waals surface area contributed by atoms with Crippen molar-refractivity contribution in [2.24, 2.45) is 0 Å². The van der Waals surface area contributed by atoms with E-state index in [0.717, 1.165) is 51.4 Å². The normalized spacial score (nSPS) is 12.7. The van der Waals surface area contributed by atoms with Crippen LogP contribution in [0.1, 0.15) is 425 Å². The second-order valence-corrected chi connectivity index (χ2v) is 26.3. The molecule has 0 spiro atoms. The minimum Gasteiger partial charge on any atom is -0.466 e. The number of amides is 1. The molecule has 0 aromatic carbocycles. The summed E-state index contributed by atoms with van der Waals surface area (Å²) in [7, 11) is 0. The first-order valence-electron chi connectivity index (χ1n) is 38.2. The Morgan fingerprint density at radius 1 is 0.333 bits per heavy atom. The number of carbonyl (C=O) groups is 2. The average molecular weight is 1180 g/mol. The lowest BCUT2D eigenvalue weighted by Gasteiger charge is -2.22. The zero-order valence-corrected chi connectivity index (χ0v) is 56.9. The van der Waals surface area contributed by atoms with E-state index in [2.05, 4.69) is 55.6 Å². The first kappa shape index (κ1) is 82.1. The van der Waals surface area contributed by atoms with Crippen molar-refractivity contribution in [2.45, 2.75) is 437 Å². The Morgan fingerprint density at radius 2 is 0.595 bits per heavy atom. The smallest absolute Gasteiger partial charge is 0.305 e. The van der Waals surface area contributed by atoms with E-state index in [0.29, 0.717) is 25.9 Å². The molecule has 0 saturated heterocycles. The highest BCUT2D eigenvalue weighted by molar-refractivity contribution is 5.76. The van der Waals surface area contributed by atoms with Crippen molar-refractivity contribution in [1.29, 1.82) is 0 Å². The minimum absolute atomic E-state index is 0.00703. The summed E-state index contributed by atoms with van der Waals surface area (Å²) in [5, 5.41) is 23.5. The van der Waals surface area contributed by atoms with Gasteiger partial charge in [0.05, 0.1) is 25.4 Å². The Labute approximate surface area is 525 Å². The Hall–Kier alpha value is -1.92. The molecular weight excluding hydrogens is 1030 g/mol. The predicted molar refractivity (Wildman–Crippen MR) is 370 cm³/mol. The van der Waals surface area contributed by atoms with E-state index in [1.165, 1.54) is 340 Å². The van der Waals surface area contributed by atoms with E-state index in [1.54, 1.807) is 0 Å². The molecule has 0 aliphatic carbocycles. The third-order valence-corrected chi connectivity index (χ3v) is 17.9. The van der Waals surface area contributed by atoms with Crippen LogP contribution in [0.5, 0.6) is 0 Å². The summed E-state index contributed by atoms with van der Waals surface area (Å²) in [6.45, 7) is 4.99. The van der Waals surface area contributed by atoms with Gasteiger partial charge in [0.2, 0.25) is 5.91 Å². The number of unbranched alkanes of at least 4 members (excludes halogenated alkanes) is 55. The fourth-order valence-corrected chi connectivity index (χ4v) is 12.1. The fraction of sp³-hybridized carbons (Fsp3) is 0.897. The van der Waals surface area contributed by atoms with Gasteiger partial charge in [0.25, 0.3) is 0 Å². The molecule has 0 aromatic rings. The van der Waals surface area contributed by atoms with Crippen molar-refractivity contribution in [3.05, 3.63) is 36.5 Å². The topological polar surface area (TPSA) is 95.9 Å². The number of nitrogens with one attached hydrogen (secondary N) is 1. The number of aliphatic hydroxyl groups excluding tert-OH is 2. The maximum absolute atomic E-state index is 12.6. The van der Waals surface area contributed by atoms with Gasteiger partial charge in [-0.05, 0) is 83.5 Å². The molecule has 6 heteroatoms. The second-order valence-electron chi connectivity index (χ2n) is 26.3. The van der Waals surface area contributed by atoms with Crippen LogP contribution in [0.25, 0.3) is 0 Å². The molecule has 0 rings (SSSR count). The molecule has 1 amide bonds. The van der Waals surface area contributed by atoms with Crippen molar-refractivity contribution in [2.75, 3.05) is 13.2 Å². The highest BCUT2D eigenvalue weighted by Gasteiger charge is 2.20. The highest BCUT2D eigenvalue weighted by Crippen LogP contribution is 2.19. The van der Waals surface area contributed by atoms with Crippen molar-refractivity contribution >= 4 is 11.9 Å². The quantitative estimate of drug-likeness (QED) is 0.0320. The van der Waals surface area contributed by atoms with Gasteiger partial charge in [0, 0.05) is 12.8 Å². The van der Waals surface area contributed by atoms with Crippen LogP contribution >= 0.6 is 0 Å². The lowest BCUT2D eigenvalue weighted by molar-refractivity contribution is -0.143. The van der Waals surface area contributed by atoms with Crippen molar-refractivity contribution in [3.8, 4) is 0 Å². The molecule has 0 heterocycles. The average Bonchev–Trinajstić information content (AvgIpc) is 3.53. The van der Waals surface area contributed by atoms with Crippen LogP contribution in [0, 0.1) is 0 Å². The van der Waals surface area contributed by atoms with Gasteiger partial charge >= 0.3 is 5.97 Å². The number of esters is 1. The molecule has 0 aromatic heterocycles. The molecule has 3 N–H and O–H groups in total. The Bertz CT molecular complexity index is 1360. The molecule has 2 atom stereocenters. The van der Waals surface area contributed by atoms with E-state index in [1.807, 2.05) is 0 Å². The monoisotopic (exact) mass is 1180 g/mol. The number of hydrogen-bond donors (Lipinski definition) is 3. The van der Waals surface area contributed by atoms with Crippen LogP contribution in [0.3, 0.4) is 0 Å². The summed E-state index contributed by atoms with van der Waals surface area (Å²) < 4.78 is 5.50. The zero-order chi connectivity index (χ0) is 60.6. The van der Waals surface area contributed by atoms with Crippen LogP contribution < -0.4 is 5.32 Å². The largest absolute Gasteiger partial charge is 0.466 e. The predicted octanol–water partition coefficient (Wildman–Crippen LogP) is 25.0.